The molecule has 1 heterocycles. The van der Waals surface area contributed by atoms with Gasteiger partial charge in [0.05, 0.1) is 18.7 Å². The molecule has 2 fully saturated rings. The Balaban J connectivity index is 1.91. The molecule has 5 nitrogen and oxygen atoms in total. The highest BCUT2D eigenvalue weighted by atomic mass is 19.4. The average molecular weight is 393 g/mol. The zero-order valence-corrected chi connectivity index (χ0v) is 16.7. The highest BCUT2D eigenvalue weighted by Crippen LogP contribution is 2.28. The molecule has 1 saturated heterocycles. The van der Waals surface area contributed by atoms with Crippen LogP contribution in [-0.4, -0.2) is 78.5 Å². The van der Waals surface area contributed by atoms with E-state index in [2.05, 4.69) is 15.2 Å². The number of halogens is 3. The van der Waals surface area contributed by atoms with Gasteiger partial charge in [-0.3, -0.25) is 9.89 Å². The third-order valence-electron chi connectivity index (χ3n) is 5.59. The second kappa shape index (κ2) is 9.96. The van der Waals surface area contributed by atoms with Crippen LogP contribution < -0.4 is 5.32 Å². The van der Waals surface area contributed by atoms with Crippen molar-refractivity contribution in [2.45, 2.75) is 64.1 Å². The van der Waals surface area contributed by atoms with Crippen molar-refractivity contribution in [3.8, 4) is 0 Å². The zero-order valence-electron chi connectivity index (χ0n) is 16.7. The normalized spacial score (nSPS) is 23.9. The molecule has 0 bridgehead atoms. The second-order valence-corrected chi connectivity index (χ2v) is 8.00. The first-order valence-electron chi connectivity index (χ1n) is 10.3. The molecule has 0 aromatic heterocycles. The summed E-state index contributed by atoms with van der Waals surface area (Å²) in [5.74, 6) is 0.979. The summed E-state index contributed by atoms with van der Waals surface area (Å²) < 4.78 is 38.0. The molecule has 2 rings (SSSR count). The van der Waals surface area contributed by atoms with Crippen LogP contribution >= 0.6 is 0 Å². The number of likely N-dealkylation sites (tertiary alicyclic amines) is 1. The molecular formula is C19H35F3N4O. The van der Waals surface area contributed by atoms with E-state index in [4.69, 9.17) is 0 Å². The number of rotatable bonds is 7. The van der Waals surface area contributed by atoms with E-state index in [1.807, 2.05) is 6.92 Å². The van der Waals surface area contributed by atoms with Crippen molar-refractivity contribution in [2.75, 3.05) is 45.8 Å². The van der Waals surface area contributed by atoms with Gasteiger partial charge in [0.1, 0.15) is 0 Å². The lowest BCUT2D eigenvalue weighted by molar-refractivity contribution is -0.146. The number of aliphatic hydroxyl groups is 1. The minimum Gasteiger partial charge on any atom is -0.388 e. The Morgan fingerprint density at radius 1 is 1.26 bits per heavy atom. The van der Waals surface area contributed by atoms with Crippen LogP contribution in [0.25, 0.3) is 0 Å². The quantitative estimate of drug-likeness (QED) is 0.517. The smallest absolute Gasteiger partial charge is 0.388 e. The van der Waals surface area contributed by atoms with Crippen molar-refractivity contribution in [3.63, 3.8) is 0 Å². The molecule has 1 aliphatic heterocycles. The van der Waals surface area contributed by atoms with Gasteiger partial charge in [0.25, 0.3) is 0 Å². The summed E-state index contributed by atoms with van der Waals surface area (Å²) >= 11 is 0. The van der Waals surface area contributed by atoms with Crippen molar-refractivity contribution in [1.82, 2.24) is 15.1 Å². The molecular weight excluding hydrogens is 357 g/mol. The Labute approximate surface area is 161 Å². The van der Waals surface area contributed by atoms with E-state index in [1.54, 1.807) is 6.92 Å². The molecule has 2 aliphatic rings. The van der Waals surface area contributed by atoms with Crippen LogP contribution in [0, 0.1) is 5.92 Å². The lowest BCUT2D eigenvalue weighted by Crippen LogP contribution is -2.43. The Morgan fingerprint density at radius 2 is 1.96 bits per heavy atom. The molecule has 0 aromatic rings. The van der Waals surface area contributed by atoms with Crippen LogP contribution in [0.1, 0.15) is 52.4 Å². The molecule has 1 aliphatic carbocycles. The number of alkyl halides is 3. The minimum absolute atomic E-state index is 0.203. The number of hydrogen-bond donors (Lipinski definition) is 2. The van der Waals surface area contributed by atoms with Crippen molar-refractivity contribution >= 4 is 5.96 Å². The number of hydrogen-bond acceptors (Lipinski definition) is 3. The predicted molar refractivity (Wildman–Crippen MR) is 102 cm³/mol. The largest absolute Gasteiger partial charge is 0.401 e. The van der Waals surface area contributed by atoms with E-state index in [1.165, 1.54) is 11.3 Å². The summed E-state index contributed by atoms with van der Waals surface area (Å²) in [6.45, 7) is 6.40. The predicted octanol–water partition coefficient (Wildman–Crippen LogP) is 2.85. The van der Waals surface area contributed by atoms with Crippen molar-refractivity contribution < 1.29 is 18.3 Å². The van der Waals surface area contributed by atoms with Gasteiger partial charge in [-0.2, -0.15) is 13.2 Å². The molecule has 8 heteroatoms. The lowest BCUT2D eigenvalue weighted by atomic mass is 9.85. The van der Waals surface area contributed by atoms with Crippen LogP contribution in [0.5, 0.6) is 0 Å². The zero-order chi connectivity index (χ0) is 19.9. The van der Waals surface area contributed by atoms with E-state index in [-0.39, 0.29) is 5.92 Å². The van der Waals surface area contributed by atoms with Gasteiger partial charge in [-0.25, -0.2) is 0 Å². The number of guanidine groups is 1. The summed E-state index contributed by atoms with van der Waals surface area (Å²) in [5, 5.41) is 14.0. The van der Waals surface area contributed by atoms with Gasteiger partial charge in [-0.15, -0.1) is 0 Å². The maximum atomic E-state index is 12.7. The van der Waals surface area contributed by atoms with Gasteiger partial charge < -0.3 is 15.3 Å². The number of nitrogens with one attached hydrogen (secondary N) is 1. The fourth-order valence-electron chi connectivity index (χ4n) is 4.11. The van der Waals surface area contributed by atoms with E-state index < -0.39 is 18.3 Å². The molecule has 0 amide bonds. The molecule has 0 spiro atoms. The standard InChI is InChI=1S/C19H35F3N4O/c1-3-23-17(24-14-18(27)9-6-5-7-10-18)26-11-8-16(13-26)12-25(4-2)15-19(20,21)22/h16,27H,3-15H2,1-2H3,(H,23,24). The molecule has 1 saturated carbocycles. The van der Waals surface area contributed by atoms with Crippen LogP contribution in [0.15, 0.2) is 4.99 Å². The van der Waals surface area contributed by atoms with Gasteiger partial charge in [0.2, 0.25) is 0 Å². The molecule has 0 aromatic carbocycles. The summed E-state index contributed by atoms with van der Waals surface area (Å²) in [4.78, 5) is 8.27. The van der Waals surface area contributed by atoms with Gasteiger partial charge in [0.15, 0.2) is 5.96 Å². The first-order chi connectivity index (χ1) is 12.7. The van der Waals surface area contributed by atoms with Gasteiger partial charge >= 0.3 is 6.18 Å². The Bertz CT molecular complexity index is 478. The Morgan fingerprint density at radius 3 is 2.56 bits per heavy atom. The Hall–Kier alpha value is -1.02. The first-order valence-corrected chi connectivity index (χ1v) is 10.3. The third kappa shape index (κ3) is 7.49. The summed E-state index contributed by atoms with van der Waals surface area (Å²) in [7, 11) is 0. The molecule has 158 valence electrons. The van der Waals surface area contributed by atoms with E-state index in [0.29, 0.717) is 26.2 Å². The van der Waals surface area contributed by atoms with Crippen LogP contribution in [0.2, 0.25) is 0 Å². The van der Waals surface area contributed by atoms with Crippen LogP contribution in [0.4, 0.5) is 13.2 Å². The highest BCUT2D eigenvalue weighted by Gasteiger charge is 2.33. The highest BCUT2D eigenvalue weighted by molar-refractivity contribution is 5.80. The topological polar surface area (TPSA) is 51.1 Å². The number of nitrogens with zero attached hydrogens (tertiary/aromatic N) is 3. The van der Waals surface area contributed by atoms with E-state index in [0.717, 1.165) is 51.2 Å². The van der Waals surface area contributed by atoms with E-state index >= 15 is 0 Å². The van der Waals surface area contributed by atoms with Gasteiger partial charge in [-0.05, 0) is 38.6 Å². The third-order valence-corrected chi connectivity index (χ3v) is 5.59. The van der Waals surface area contributed by atoms with Crippen molar-refractivity contribution in [3.05, 3.63) is 0 Å². The summed E-state index contributed by atoms with van der Waals surface area (Å²) in [6.07, 6.45) is 1.55. The molecule has 1 unspecified atom stereocenters. The second-order valence-electron chi connectivity index (χ2n) is 8.00. The summed E-state index contributed by atoms with van der Waals surface area (Å²) in [6, 6.07) is 0. The number of aliphatic imine (C=N–C) groups is 1. The SMILES string of the molecule is CCNC(=NCC1(O)CCCCC1)N1CCC(CN(CC)CC(F)(F)F)C1. The van der Waals surface area contributed by atoms with E-state index in [9.17, 15) is 18.3 Å². The van der Waals surface area contributed by atoms with Crippen molar-refractivity contribution in [1.29, 1.82) is 0 Å². The van der Waals surface area contributed by atoms with Gasteiger partial charge in [-0.1, -0.05) is 26.2 Å². The average Bonchev–Trinajstić information content (AvgIpc) is 3.06. The fraction of sp³-hybridized carbons (Fsp3) is 0.947. The fourth-order valence-corrected chi connectivity index (χ4v) is 4.11. The molecule has 27 heavy (non-hydrogen) atoms. The summed E-state index contributed by atoms with van der Waals surface area (Å²) in [5.41, 5.74) is -0.705. The minimum atomic E-state index is -4.15. The van der Waals surface area contributed by atoms with Crippen LogP contribution in [0.3, 0.4) is 0 Å². The maximum absolute atomic E-state index is 12.7. The molecule has 2 N–H and O–H groups in total. The Kier molecular flexibility index (Phi) is 8.21. The maximum Gasteiger partial charge on any atom is 0.401 e. The van der Waals surface area contributed by atoms with Crippen molar-refractivity contribution in [2.24, 2.45) is 10.9 Å². The monoisotopic (exact) mass is 392 g/mol. The van der Waals surface area contributed by atoms with Gasteiger partial charge in [0, 0.05) is 26.2 Å². The first kappa shape index (κ1) is 22.3. The lowest BCUT2D eigenvalue weighted by Gasteiger charge is -2.31. The van der Waals surface area contributed by atoms with Crippen LogP contribution in [-0.2, 0) is 0 Å². The molecule has 0 radical (unpaired) electrons. The molecule has 1 atom stereocenters.